The zero-order valence-corrected chi connectivity index (χ0v) is 11.4. The maximum absolute atomic E-state index is 12.0. The Morgan fingerprint density at radius 2 is 1.73 bits per heavy atom. The minimum atomic E-state index is -0.449. The Balaban J connectivity index is 1.92. The van der Waals surface area contributed by atoms with Gasteiger partial charge in [-0.25, -0.2) is 0 Å². The summed E-state index contributed by atoms with van der Waals surface area (Å²) in [5.74, 6) is 0.432. The molecule has 3 rings (SSSR count). The predicted molar refractivity (Wildman–Crippen MR) is 84.5 cm³/mol. The summed E-state index contributed by atoms with van der Waals surface area (Å²) in [7, 11) is 0. The molecule has 1 heterocycles. The molecule has 0 unspecified atom stereocenters. The second-order valence-electron chi connectivity index (χ2n) is 4.69. The van der Waals surface area contributed by atoms with E-state index in [-0.39, 0.29) is 11.1 Å². The van der Waals surface area contributed by atoms with Crippen LogP contribution in [0.25, 0.3) is 23.1 Å². The van der Waals surface area contributed by atoms with Gasteiger partial charge in [0.25, 0.3) is 5.69 Å². The maximum Gasteiger partial charge on any atom is 0.269 e. The van der Waals surface area contributed by atoms with E-state index in [0.717, 1.165) is 5.56 Å². The third-order valence-corrected chi connectivity index (χ3v) is 3.20. The molecule has 1 aromatic heterocycles. The number of non-ortho nitro benzene ring substituents is 1. The molecule has 0 radical (unpaired) electrons. The van der Waals surface area contributed by atoms with Crippen LogP contribution < -0.4 is 5.43 Å². The van der Waals surface area contributed by atoms with Gasteiger partial charge in [0.05, 0.1) is 10.3 Å². The topological polar surface area (TPSA) is 73.3 Å². The largest absolute Gasteiger partial charge is 0.456 e. The molecule has 0 atom stereocenters. The molecule has 0 fully saturated rings. The van der Waals surface area contributed by atoms with E-state index in [2.05, 4.69) is 0 Å². The van der Waals surface area contributed by atoms with E-state index in [1.165, 1.54) is 18.2 Å². The molecule has 0 aliphatic rings. The van der Waals surface area contributed by atoms with Gasteiger partial charge in [-0.3, -0.25) is 14.9 Å². The monoisotopic (exact) mass is 293 g/mol. The lowest BCUT2D eigenvalue weighted by Crippen LogP contribution is -1.99. The first-order valence-electron chi connectivity index (χ1n) is 6.59. The van der Waals surface area contributed by atoms with E-state index in [1.54, 1.807) is 48.6 Å². The van der Waals surface area contributed by atoms with Crippen molar-refractivity contribution < 1.29 is 9.34 Å². The first kappa shape index (κ1) is 13.8. The van der Waals surface area contributed by atoms with E-state index in [1.807, 2.05) is 0 Å². The molecule has 0 N–H and O–H groups in total. The van der Waals surface area contributed by atoms with Crippen LogP contribution in [0.4, 0.5) is 5.69 Å². The summed E-state index contributed by atoms with van der Waals surface area (Å²) < 4.78 is 5.63. The minimum absolute atomic E-state index is 0.0365. The lowest BCUT2D eigenvalue weighted by molar-refractivity contribution is -0.384. The van der Waals surface area contributed by atoms with E-state index >= 15 is 0 Å². The third-order valence-electron chi connectivity index (χ3n) is 3.20. The highest BCUT2D eigenvalue weighted by Crippen LogP contribution is 2.16. The van der Waals surface area contributed by atoms with Gasteiger partial charge >= 0.3 is 0 Å². The lowest BCUT2D eigenvalue weighted by Gasteiger charge is -1.98. The zero-order chi connectivity index (χ0) is 15.5. The van der Waals surface area contributed by atoms with Gasteiger partial charge in [0.15, 0.2) is 5.43 Å². The van der Waals surface area contributed by atoms with Gasteiger partial charge in [-0.15, -0.1) is 0 Å². The second-order valence-corrected chi connectivity index (χ2v) is 4.69. The number of nitro groups is 1. The first-order chi connectivity index (χ1) is 10.6. The molecule has 0 saturated heterocycles. The molecule has 0 aliphatic carbocycles. The zero-order valence-electron chi connectivity index (χ0n) is 11.4. The van der Waals surface area contributed by atoms with Crippen molar-refractivity contribution in [3.05, 3.63) is 86.3 Å². The molecule has 22 heavy (non-hydrogen) atoms. The molecule has 0 spiro atoms. The Labute approximate surface area is 125 Å². The first-order valence-corrected chi connectivity index (χ1v) is 6.59. The van der Waals surface area contributed by atoms with Gasteiger partial charge in [0, 0.05) is 18.2 Å². The average Bonchev–Trinajstić information content (AvgIpc) is 2.53. The van der Waals surface area contributed by atoms with Crippen molar-refractivity contribution in [1.29, 1.82) is 0 Å². The number of para-hydroxylation sites is 1. The summed E-state index contributed by atoms with van der Waals surface area (Å²) in [4.78, 5) is 22.1. The molecule has 0 bridgehead atoms. The van der Waals surface area contributed by atoms with Gasteiger partial charge in [0.2, 0.25) is 0 Å². The number of fused-ring (bicyclic) bond motifs is 1. The quantitative estimate of drug-likeness (QED) is 0.542. The Morgan fingerprint density at radius 1 is 1.00 bits per heavy atom. The Morgan fingerprint density at radius 3 is 2.45 bits per heavy atom. The van der Waals surface area contributed by atoms with Crippen LogP contribution in [0, 0.1) is 10.1 Å². The highest BCUT2D eigenvalue weighted by atomic mass is 16.6. The van der Waals surface area contributed by atoms with Crippen molar-refractivity contribution in [2.45, 2.75) is 0 Å². The standard InChI is InChI=1S/C17H11NO4/c19-16-11-14(22-17-4-2-1-3-15(16)17)10-7-12-5-8-13(9-6-12)18(20)21/h1-11H/b10-7+. The molecule has 0 aliphatic heterocycles. The summed E-state index contributed by atoms with van der Waals surface area (Å²) in [5.41, 5.74) is 1.24. The Bertz CT molecular complexity index is 923. The summed E-state index contributed by atoms with van der Waals surface area (Å²) >= 11 is 0. The van der Waals surface area contributed by atoms with Crippen molar-refractivity contribution in [3.63, 3.8) is 0 Å². The van der Waals surface area contributed by atoms with Crippen molar-refractivity contribution in [3.8, 4) is 0 Å². The van der Waals surface area contributed by atoms with Crippen LogP contribution in [-0.4, -0.2) is 4.92 Å². The molecule has 0 saturated carbocycles. The average molecular weight is 293 g/mol. The van der Waals surface area contributed by atoms with Crippen LogP contribution in [0.2, 0.25) is 0 Å². The highest BCUT2D eigenvalue weighted by Gasteiger charge is 2.03. The van der Waals surface area contributed by atoms with Crippen molar-refractivity contribution in [2.24, 2.45) is 0 Å². The maximum atomic E-state index is 12.0. The number of hydrogen-bond donors (Lipinski definition) is 0. The van der Waals surface area contributed by atoms with Gasteiger partial charge in [-0.2, -0.15) is 0 Å². The SMILES string of the molecule is O=c1cc(/C=C/c2ccc([N+](=O)[O-])cc2)oc2ccccc12. The molecule has 3 aromatic rings. The molecule has 2 aromatic carbocycles. The van der Waals surface area contributed by atoms with Crippen LogP contribution in [0.1, 0.15) is 11.3 Å². The number of nitro benzene ring substituents is 1. The second kappa shape index (κ2) is 5.65. The van der Waals surface area contributed by atoms with Crippen LogP contribution in [0.5, 0.6) is 0 Å². The van der Waals surface area contributed by atoms with Gasteiger partial charge in [-0.05, 0) is 35.9 Å². The number of hydrogen-bond acceptors (Lipinski definition) is 4. The fourth-order valence-electron chi connectivity index (χ4n) is 2.09. The molecule has 5 nitrogen and oxygen atoms in total. The van der Waals surface area contributed by atoms with E-state index in [9.17, 15) is 14.9 Å². The minimum Gasteiger partial charge on any atom is -0.456 e. The number of rotatable bonds is 3. The molecule has 108 valence electrons. The molecular weight excluding hydrogens is 282 g/mol. The van der Waals surface area contributed by atoms with Crippen LogP contribution in [0.3, 0.4) is 0 Å². The summed E-state index contributed by atoms with van der Waals surface area (Å²) in [6, 6.07) is 14.6. The predicted octanol–water partition coefficient (Wildman–Crippen LogP) is 3.87. The summed E-state index contributed by atoms with van der Waals surface area (Å²) in [5, 5.41) is 11.1. The fourth-order valence-corrected chi connectivity index (χ4v) is 2.09. The number of nitrogens with zero attached hydrogens (tertiary/aromatic N) is 1. The molecular formula is C17H11NO4. The van der Waals surface area contributed by atoms with Gasteiger partial charge in [0.1, 0.15) is 11.3 Å². The molecule has 5 heteroatoms. The van der Waals surface area contributed by atoms with Crippen LogP contribution >= 0.6 is 0 Å². The van der Waals surface area contributed by atoms with Crippen molar-refractivity contribution in [2.75, 3.05) is 0 Å². The Hall–Kier alpha value is -3.21. The smallest absolute Gasteiger partial charge is 0.269 e. The highest BCUT2D eigenvalue weighted by molar-refractivity contribution is 5.78. The van der Waals surface area contributed by atoms with Crippen LogP contribution in [0.15, 0.2) is 63.8 Å². The van der Waals surface area contributed by atoms with E-state index in [4.69, 9.17) is 4.42 Å². The van der Waals surface area contributed by atoms with E-state index in [0.29, 0.717) is 16.7 Å². The molecule has 0 amide bonds. The normalized spacial score (nSPS) is 11.1. The summed E-state index contributed by atoms with van der Waals surface area (Å²) in [6.07, 6.45) is 3.39. The Kier molecular flexibility index (Phi) is 3.53. The van der Waals surface area contributed by atoms with Gasteiger partial charge < -0.3 is 4.42 Å². The van der Waals surface area contributed by atoms with Crippen LogP contribution in [-0.2, 0) is 0 Å². The van der Waals surface area contributed by atoms with Gasteiger partial charge in [-0.1, -0.05) is 18.2 Å². The number of benzene rings is 2. The van der Waals surface area contributed by atoms with E-state index < -0.39 is 4.92 Å². The van der Waals surface area contributed by atoms with Crippen molar-refractivity contribution >= 4 is 28.8 Å². The van der Waals surface area contributed by atoms with Crippen molar-refractivity contribution in [1.82, 2.24) is 0 Å². The lowest BCUT2D eigenvalue weighted by atomic mass is 10.1. The fraction of sp³-hybridized carbons (Fsp3) is 0. The third kappa shape index (κ3) is 2.78. The summed E-state index contributed by atoms with van der Waals surface area (Å²) in [6.45, 7) is 0.